The molecule has 31 heavy (non-hydrogen) atoms. The van der Waals surface area contributed by atoms with Crippen molar-refractivity contribution in [3.05, 3.63) is 59.9 Å². The van der Waals surface area contributed by atoms with Crippen LogP contribution in [0.15, 0.2) is 53.6 Å². The minimum atomic E-state index is -3.81. The van der Waals surface area contributed by atoms with E-state index in [2.05, 4.69) is 25.7 Å². The quantitative estimate of drug-likeness (QED) is 0.416. The maximum absolute atomic E-state index is 11.7. The van der Waals surface area contributed by atoms with Gasteiger partial charge in [-0.05, 0) is 55.8 Å². The van der Waals surface area contributed by atoms with Crippen molar-refractivity contribution < 1.29 is 8.42 Å². The number of sulfonamides is 1. The van der Waals surface area contributed by atoms with Gasteiger partial charge in [0.15, 0.2) is 0 Å². The molecule has 2 aromatic carbocycles. The average molecular weight is 460 g/mol. The van der Waals surface area contributed by atoms with Crippen LogP contribution in [0, 0.1) is 13.8 Å². The van der Waals surface area contributed by atoms with Gasteiger partial charge in [0.2, 0.25) is 16.0 Å². The zero-order chi connectivity index (χ0) is 21.5. The van der Waals surface area contributed by atoms with Gasteiger partial charge in [-0.2, -0.15) is 10.1 Å². The first-order valence-electron chi connectivity index (χ1n) is 9.14. The Morgan fingerprint density at radius 3 is 2.45 bits per heavy atom. The Kier molecular flexibility index (Phi) is 6.16. The van der Waals surface area contributed by atoms with Crippen LogP contribution in [0.5, 0.6) is 0 Å². The lowest BCUT2D eigenvalue weighted by atomic mass is 10.2. The SMILES string of the molecule is Cc1ccc(Nc2ccnc(Nc3ccc4c(C)n(C)nc4c3)n2)cc1S(N)(=O)=O.Cl. The topological polar surface area (TPSA) is 128 Å². The number of hydrogen-bond donors (Lipinski definition) is 3. The number of rotatable bonds is 5. The van der Waals surface area contributed by atoms with E-state index in [1.165, 1.54) is 6.07 Å². The molecule has 0 unspecified atom stereocenters. The summed E-state index contributed by atoms with van der Waals surface area (Å²) in [6.07, 6.45) is 1.61. The van der Waals surface area contributed by atoms with E-state index in [9.17, 15) is 8.42 Å². The summed E-state index contributed by atoms with van der Waals surface area (Å²) < 4.78 is 25.3. The van der Waals surface area contributed by atoms with Crippen molar-refractivity contribution in [1.29, 1.82) is 0 Å². The maximum Gasteiger partial charge on any atom is 0.238 e. The van der Waals surface area contributed by atoms with Crippen LogP contribution in [0.2, 0.25) is 0 Å². The van der Waals surface area contributed by atoms with Gasteiger partial charge < -0.3 is 10.6 Å². The summed E-state index contributed by atoms with van der Waals surface area (Å²) in [5.74, 6) is 0.900. The fourth-order valence-electron chi connectivity index (χ4n) is 3.16. The number of hydrogen-bond acceptors (Lipinski definition) is 7. The minimum Gasteiger partial charge on any atom is -0.340 e. The highest BCUT2D eigenvalue weighted by Crippen LogP contribution is 2.24. The van der Waals surface area contributed by atoms with Crippen LogP contribution in [-0.2, 0) is 17.1 Å². The van der Waals surface area contributed by atoms with Crippen LogP contribution in [0.25, 0.3) is 10.9 Å². The first kappa shape index (κ1) is 22.5. The van der Waals surface area contributed by atoms with Crippen molar-refractivity contribution in [2.75, 3.05) is 10.6 Å². The Hall–Kier alpha value is -3.21. The summed E-state index contributed by atoms with van der Waals surface area (Å²) in [7, 11) is -1.90. The van der Waals surface area contributed by atoms with E-state index < -0.39 is 10.0 Å². The number of anilines is 4. The summed E-state index contributed by atoms with van der Waals surface area (Å²) in [5, 5.41) is 17.1. The number of nitrogens with zero attached hydrogens (tertiary/aromatic N) is 4. The molecular formula is C20H22ClN7O2S. The number of benzene rings is 2. The summed E-state index contributed by atoms with van der Waals surface area (Å²) in [5.41, 5.74) is 3.91. The Morgan fingerprint density at radius 2 is 1.71 bits per heavy atom. The third-order valence-electron chi connectivity index (χ3n) is 4.81. The molecule has 4 aromatic rings. The highest BCUT2D eigenvalue weighted by Gasteiger charge is 2.13. The molecule has 9 nitrogen and oxygen atoms in total. The number of nitrogens with one attached hydrogen (secondary N) is 2. The number of halogens is 1. The third kappa shape index (κ3) is 4.76. The summed E-state index contributed by atoms with van der Waals surface area (Å²) in [4.78, 5) is 8.76. The molecule has 4 rings (SSSR count). The van der Waals surface area contributed by atoms with Crippen LogP contribution in [0.1, 0.15) is 11.3 Å². The third-order valence-corrected chi connectivity index (χ3v) is 5.86. The average Bonchev–Trinajstić information content (AvgIpc) is 2.96. The number of fused-ring (bicyclic) bond motifs is 1. The Labute approximate surface area is 186 Å². The van der Waals surface area contributed by atoms with Gasteiger partial charge in [0.25, 0.3) is 0 Å². The Bertz CT molecular complexity index is 1370. The first-order chi connectivity index (χ1) is 14.2. The molecule has 0 aliphatic carbocycles. The summed E-state index contributed by atoms with van der Waals surface area (Å²) in [6, 6.07) is 12.5. The Morgan fingerprint density at radius 1 is 1.00 bits per heavy atom. The molecule has 0 aliphatic rings. The van der Waals surface area contributed by atoms with Crippen LogP contribution in [0.3, 0.4) is 0 Å². The molecule has 0 spiro atoms. The molecule has 162 valence electrons. The van der Waals surface area contributed by atoms with Gasteiger partial charge >= 0.3 is 0 Å². The molecule has 0 saturated carbocycles. The second-order valence-corrected chi connectivity index (χ2v) is 8.51. The second-order valence-electron chi connectivity index (χ2n) is 6.98. The lowest BCUT2D eigenvalue weighted by Crippen LogP contribution is -2.14. The van der Waals surface area contributed by atoms with E-state index in [0.29, 0.717) is 23.0 Å². The fourth-order valence-corrected chi connectivity index (χ4v) is 3.97. The minimum absolute atomic E-state index is 0. The second kappa shape index (κ2) is 8.50. The van der Waals surface area contributed by atoms with Gasteiger partial charge in [0, 0.05) is 35.7 Å². The van der Waals surface area contributed by atoms with Crippen LogP contribution >= 0.6 is 12.4 Å². The molecule has 0 amide bonds. The fraction of sp³-hybridized carbons (Fsp3) is 0.150. The van der Waals surface area contributed by atoms with Crippen molar-refractivity contribution in [2.24, 2.45) is 12.2 Å². The van der Waals surface area contributed by atoms with E-state index >= 15 is 0 Å². The van der Waals surface area contributed by atoms with E-state index in [4.69, 9.17) is 5.14 Å². The first-order valence-corrected chi connectivity index (χ1v) is 10.7. The highest BCUT2D eigenvalue weighted by molar-refractivity contribution is 7.89. The van der Waals surface area contributed by atoms with Gasteiger partial charge in [0.1, 0.15) is 5.82 Å². The Balaban J connectivity index is 0.00000272. The predicted molar refractivity (Wildman–Crippen MR) is 124 cm³/mol. The van der Waals surface area contributed by atoms with Crippen LogP contribution < -0.4 is 15.8 Å². The van der Waals surface area contributed by atoms with Crippen LogP contribution in [0.4, 0.5) is 23.1 Å². The zero-order valence-corrected chi connectivity index (χ0v) is 18.8. The standard InChI is InChI=1S/C20H21N7O2S.ClH/c1-12-4-5-15(11-18(12)30(21,28)29)23-19-8-9-22-20(25-19)24-14-6-7-16-13(2)27(3)26-17(16)10-14;/h4-11H,1-3H3,(H2,21,28,29)(H2,22,23,24,25);1H. The van der Waals surface area contributed by atoms with Crippen molar-refractivity contribution in [1.82, 2.24) is 19.7 Å². The molecule has 2 heterocycles. The molecule has 0 saturated heterocycles. The van der Waals surface area contributed by atoms with Crippen LogP contribution in [-0.4, -0.2) is 28.2 Å². The van der Waals surface area contributed by atoms with Gasteiger partial charge in [-0.15, -0.1) is 12.4 Å². The van der Waals surface area contributed by atoms with Gasteiger partial charge in [0.05, 0.1) is 10.4 Å². The molecule has 0 bridgehead atoms. The molecule has 11 heteroatoms. The van der Waals surface area contributed by atoms with E-state index in [0.717, 1.165) is 22.3 Å². The van der Waals surface area contributed by atoms with Crippen molar-refractivity contribution in [2.45, 2.75) is 18.7 Å². The number of aromatic nitrogens is 4. The number of nitrogens with two attached hydrogens (primary N) is 1. The molecule has 0 radical (unpaired) electrons. The predicted octanol–water partition coefficient (Wildman–Crippen LogP) is 3.54. The molecule has 4 N–H and O–H groups in total. The van der Waals surface area contributed by atoms with Gasteiger partial charge in [-0.3, -0.25) is 4.68 Å². The number of aryl methyl sites for hydroxylation is 3. The summed E-state index contributed by atoms with van der Waals surface area (Å²) in [6.45, 7) is 3.71. The maximum atomic E-state index is 11.7. The highest BCUT2D eigenvalue weighted by atomic mass is 35.5. The monoisotopic (exact) mass is 459 g/mol. The molecule has 2 aromatic heterocycles. The molecule has 0 fully saturated rings. The van der Waals surface area contributed by atoms with E-state index in [-0.39, 0.29) is 17.3 Å². The smallest absolute Gasteiger partial charge is 0.238 e. The zero-order valence-electron chi connectivity index (χ0n) is 17.1. The van der Waals surface area contributed by atoms with Crippen molar-refractivity contribution in [3.8, 4) is 0 Å². The molecule has 0 aliphatic heterocycles. The van der Waals surface area contributed by atoms with Crippen molar-refractivity contribution in [3.63, 3.8) is 0 Å². The van der Waals surface area contributed by atoms with E-state index in [1.54, 1.807) is 31.3 Å². The molecular weight excluding hydrogens is 438 g/mol. The lowest BCUT2D eigenvalue weighted by Gasteiger charge is -2.10. The van der Waals surface area contributed by atoms with Crippen molar-refractivity contribution >= 4 is 56.5 Å². The largest absolute Gasteiger partial charge is 0.340 e. The normalized spacial score (nSPS) is 11.2. The number of primary sulfonamides is 1. The van der Waals surface area contributed by atoms with Gasteiger partial charge in [-0.1, -0.05) is 6.07 Å². The van der Waals surface area contributed by atoms with Gasteiger partial charge in [-0.25, -0.2) is 18.5 Å². The van der Waals surface area contributed by atoms with E-state index in [1.807, 2.05) is 36.9 Å². The molecule has 0 atom stereocenters. The lowest BCUT2D eigenvalue weighted by molar-refractivity contribution is 0.597. The summed E-state index contributed by atoms with van der Waals surface area (Å²) >= 11 is 0.